The SMILES string of the molecule is O=C(OC/C=C/c1ccc(Br)cc1)C1CC1. The Balaban J connectivity index is 1.76. The Bertz CT molecular complexity index is 391. The minimum absolute atomic E-state index is 0.0551. The number of ether oxygens (including phenoxy) is 1. The average Bonchev–Trinajstić information content (AvgIpc) is 3.10. The zero-order chi connectivity index (χ0) is 11.4. The maximum absolute atomic E-state index is 11.2. The van der Waals surface area contributed by atoms with E-state index in [2.05, 4.69) is 15.9 Å². The third-order valence-corrected chi connectivity index (χ3v) is 2.94. The standard InChI is InChI=1S/C13H13BrO2/c14-12-7-3-10(4-8-12)2-1-9-16-13(15)11-5-6-11/h1-4,7-8,11H,5-6,9H2/b2-1+. The molecule has 16 heavy (non-hydrogen) atoms. The first-order chi connectivity index (χ1) is 7.75. The van der Waals surface area contributed by atoms with Crippen molar-refractivity contribution in [1.29, 1.82) is 0 Å². The predicted molar refractivity (Wildman–Crippen MR) is 66.9 cm³/mol. The fourth-order valence-electron chi connectivity index (χ4n) is 1.33. The molecule has 2 rings (SSSR count). The van der Waals surface area contributed by atoms with Crippen LogP contribution in [0.1, 0.15) is 18.4 Å². The summed E-state index contributed by atoms with van der Waals surface area (Å²) in [6.07, 6.45) is 5.81. The molecular formula is C13H13BrO2. The highest BCUT2D eigenvalue weighted by atomic mass is 79.9. The molecule has 0 saturated heterocycles. The number of halogens is 1. The maximum atomic E-state index is 11.2. The lowest BCUT2D eigenvalue weighted by Gasteiger charge is -1.98. The van der Waals surface area contributed by atoms with Gasteiger partial charge in [0.05, 0.1) is 5.92 Å². The first kappa shape index (κ1) is 11.4. The molecule has 1 aromatic carbocycles. The zero-order valence-corrected chi connectivity index (χ0v) is 10.4. The van der Waals surface area contributed by atoms with Crippen molar-refractivity contribution in [2.75, 3.05) is 6.61 Å². The van der Waals surface area contributed by atoms with Gasteiger partial charge in [-0.25, -0.2) is 0 Å². The van der Waals surface area contributed by atoms with Crippen LogP contribution in [-0.2, 0) is 9.53 Å². The van der Waals surface area contributed by atoms with E-state index >= 15 is 0 Å². The summed E-state index contributed by atoms with van der Waals surface area (Å²) in [5, 5.41) is 0. The Hall–Kier alpha value is -1.09. The van der Waals surface area contributed by atoms with Crippen LogP contribution < -0.4 is 0 Å². The van der Waals surface area contributed by atoms with Gasteiger partial charge in [-0.1, -0.05) is 34.1 Å². The summed E-state index contributed by atoms with van der Waals surface area (Å²) in [6.45, 7) is 0.366. The quantitative estimate of drug-likeness (QED) is 0.790. The van der Waals surface area contributed by atoms with Gasteiger partial charge < -0.3 is 4.74 Å². The largest absolute Gasteiger partial charge is 0.461 e. The van der Waals surface area contributed by atoms with Crippen LogP contribution in [0, 0.1) is 5.92 Å². The number of rotatable bonds is 4. The molecule has 3 heteroatoms. The predicted octanol–water partition coefficient (Wildman–Crippen LogP) is 3.42. The molecule has 0 bridgehead atoms. The Morgan fingerprint density at radius 1 is 1.38 bits per heavy atom. The van der Waals surface area contributed by atoms with Gasteiger partial charge >= 0.3 is 5.97 Å². The van der Waals surface area contributed by atoms with Crippen LogP contribution in [0.25, 0.3) is 6.08 Å². The molecule has 0 spiro atoms. The summed E-state index contributed by atoms with van der Waals surface area (Å²) in [5.74, 6) is 0.126. The van der Waals surface area contributed by atoms with Gasteiger partial charge in [0.25, 0.3) is 0 Å². The van der Waals surface area contributed by atoms with Crippen LogP contribution in [0.3, 0.4) is 0 Å². The summed E-state index contributed by atoms with van der Waals surface area (Å²) < 4.78 is 6.14. The van der Waals surface area contributed by atoms with Gasteiger partial charge in [0.1, 0.15) is 6.61 Å². The summed E-state index contributed by atoms with van der Waals surface area (Å²) in [6, 6.07) is 7.97. The second kappa shape index (κ2) is 5.30. The number of hydrogen-bond donors (Lipinski definition) is 0. The molecule has 0 amide bonds. The Kier molecular flexibility index (Phi) is 3.78. The number of carbonyl (C=O) groups excluding carboxylic acids is 1. The third-order valence-electron chi connectivity index (χ3n) is 2.41. The van der Waals surface area contributed by atoms with Gasteiger partial charge in [-0.2, -0.15) is 0 Å². The molecule has 0 aromatic heterocycles. The van der Waals surface area contributed by atoms with Crippen LogP contribution in [0.5, 0.6) is 0 Å². The van der Waals surface area contributed by atoms with Crippen LogP contribution in [0.15, 0.2) is 34.8 Å². The Labute approximate surface area is 103 Å². The van der Waals surface area contributed by atoms with Crippen molar-refractivity contribution in [2.45, 2.75) is 12.8 Å². The van der Waals surface area contributed by atoms with Crippen molar-refractivity contribution < 1.29 is 9.53 Å². The van der Waals surface area contributed by atoms with E-state index in [1.165, 1.54) is 0 Å². The highest BCUT2D eigenvalue weighted by molar-refractivity contribution is 9.10. The van der Waals surface area contributed by atoms with Crippen molar-refractivity contribution >= 4 is 28.0 Å². The van der Waals surface area contributed by atoms with E-state index in [-0.39, 0.29) is 11.9 Å². The molecule has 1 fully saturated rings. The van der Waals surface area contributed by atoms with Crippen molar-refractivity contribution in [1.82, 2.24) is 0 Å². The molecule has 1 saturated carbocycles. The molecule has 0 atom stereocenters. The van der Waals surface area contributed by atoms with Crippen LogP contribution in [0.2, 0.25) is 0 Å². The van der Waals surface area contributed by atoms with Gasteiger partial charge in [-0.15, -0.1) is 0 Å². The monoisotopic (exact) mass is 280 g/mol. The molecule has 0 N–H and O–H groups in total. The summed E-state index contributed by atoms with van der Waals surface area (Å²) in [7, 11) is 0. The summed E-state index contributed by atoms with van der Waals surface area (Å²) >= 11 is 3.38. The van der Waals surface area contributed by atoms with E-state index in [1.807, 2.05) is 36.4 Å². The van der Waals surface area contributed by atoms with E-state index in [0.29, 0.717) is 6.61 Å². The maximum Gasteiger partial charge on any atom is 0.309 e. The lowest BCUT2D eigenvalue weighted by molar-refractivity contribution is -0.143. The number of benzene rings is 1. The molecule has 1 aliphatic carbocycles. The summed E-state index contributed by atoms with van der Waals surface area (Å²) in [5.41, 5.74) is 1.10. The second-order valence-electron chi connectivity index (χ2n) is 3.86. The van der Waals surface area contributed by atoms with E-state index in [9.17, 15) is 4.79 Å². The number of carbonyl (C=O) groups is 1. The number of esters is 1. The van der Waals surface area contributed by atoms with E-state index in [0.717, 1.165) is 22.9 Å². The Morgan fingerprint density at radius 3 is 2.69 bits per heavy atom. The molecule has 0 heterocycles. The molecule has 0 unspecified atom stereocenters. The molecule has 0 radical (unpaired) electrons. The van der Waals surface area contributed by atoms with E-state index < -0.39 is 0 Å². The number of hydrogen-bond acceptors (Lipinski definition) is 2. The lowest BCUT2D eigenvalue weighted by Crippen LogP contribution is -2.05. The second-order valence-corrected chi connectivity index (χ2v) is 4.77. The normalized spacial score (nSPS) is 15.3. The third kappa shape index (κ3) is 3.49. The minimum atomic E-state index is -0.0551. The average molecular weight is 281 g/mol. The first-order valence-electron chi connectivity index (χ1n) is 5.34. The van der Waals surface area contributed by atoms with Gasteiger partial charge in [-0.3, -0.25) is 4.79 Å². The topological polar surface area (TPSA) is 26.3 Å². The summed E-state index contributed by atoms with van der Waals surface area (Å²) in [4.78, 5) is 11.2. The highest BCUT2D eigenvalue weighted by Crippen LogP contribution is 2.29. The van der Waals surface area contributed by atoms with Gasteiger partial charge in [0, 0.05) is 4.47 Å². The van der Waals surface area contributed by atoms with Crippen LogP contribution >= 0.6 is 15.9 Å². The van der Waals surface area contributed by atoms with Crippen LogP contribution in [-0.4, -0.2) is 12.6 Å². The Morgan fingerprint density at radius 2 is 2.06 bits per heavy atom. The molecule has 0 aliphatic heterocycles. The van der Waals surface area contributed by atoms with Crippen molar-refractivity contribution in [2.24, 2.45) is 5.92 Å². The van der Waals surface area contributed by atoms with Crippen molar-refractivity contribution in [3.63, 3.8) is 0 Å². The fraction of sp³-hybridized carbons (Fsp3) is 0.308. The van der Waals surface area contributed by atoms with Gasteiger partial charge in [0.2, 0.25) is 0 Å². The van der Waals surface area contributed by atoms with Crippen molar-refractivity contribution in [3.05, 3.63) is 40.4 Å². The zero-order valence-electron chi connectivity index (χ0n) is 8.86. The van der Waals surface area contributed by atoms with Gasteiger partial charge in [0.15, 0.2) is 0 Å². The molecule has 1 aliphatic rings. The first-order valence-corrected chi connectivity index (χ1v) is 6.14. The molecule has 84 valence electrons. The molecule has 2 nitrogen and oxygen atoms in total. The minimum Gasteiger partial charge on any atom is -0.461 e. The fourth-order valence-corrected chi connectivity index (χ4v) is 1.59. The van der Waals surface area contributed by atoms with E-state index in [4.69, 9.17) is 4.74 Å². The molecule has 1 aromatic rings. The smallest absolute Gasteiger partial charge is 0.309 e. The molecular weight excluding hydrogens is 268 g/mol. The van der Waals surface area contributed by atoms with Gasteiger partial charge in [-0.05, 0) is 36.6 Å². The highest BCUT2D eigenvalue weighted by Gasteiger charge is 2.30. The van der Waals surface area contributed by atoms with Crippen molar-refractivity contribution in [3.8, 4) is 0 Å². The lowest BCUT2D eigenvalue weighted by atomic mass is 10.2. The van der Waals surface area contributed by atoms with E-state index in [1.54, 1.807) is 0 Å². The van der Waals surface area contributed by atoms with Crippen LogP contribution in [0.4, 0.5) is 0 Å².